The largest absolute Gasteiger partial charge is 0.457 e. The van der Waals surface area contributed by atoms with E-state index < -0.39 is 11.1 Å². The van der Waals surface area contributed by atoms with Crippen LogP contribution in [0.5, 0.6) is 11.5 Å². The molecule has 0 saturated heterocycles. The lowest BCUT2D eigenvalue weighted by Gasteiger charge is -2.07. The van der Waals surface area contributed by atoms with Crippen molar-refractivity contribution in [1.82, 2.24) is 0 Å². The van der Waals surface area contributed by atoms with Gasteiger partial charge in [0.05, 0.1) is 22.6 Å². The van der Waals surface area contributed by atoms with Crippen molar-refractivity contribution >= 4 is 11.1 Å². The van der Waals surface area contributed by atoms with E-state index in [9.17, 15) is 4.21 Å². The van der Waals surface area contributed by atoms with Crippen LogP contribution in [0.2, 0.25) is 0 Å². The third-order valence-electron chi connectivity index (χ3n) is 3.00. The second-order valence-electron chi connectivity index (χ2n) is 4.30. The number of nitriles is 2. The molecular formula is C15H8N2O3S. The SMILES string of the molecule is N#Cc1ccc(Oc2ccc3c(c2)COS3=O)cc1C#N. The van der Waals surface area contributed by atoms with E-state index in [4.69, 9.17) is 19.4 Å². The van der Waals surface area contributed by atoms with Gasteiger partial charge < -0.3 is 4.74 Å². The summed E-state index contributed by atoms with van der Waals surface area (Å²) in [6.45, 7) is 0.288. The predicted molar refractivity (Wildman–Crippen MR) is 73.6 cm³/mol. The Hall–Kier alpha value is -2.67. The minimum Gasteiger partial charge on any atom is -0.457 e. The second kappa shape index (κ2) is 5.37. The summed E-state index contributed by atoms with van der Waals surface area (Å²) < 4.78 is 22.2. The molecule has 0 N–H and O–H groups in total. The van der Waals surface area contributed by atoms with E-state index in [1.165, 1.54) is 6.07 Å². The van der Waals surface area contributed by atoms with Crippen LogP contribution >= 0.6 is 0 Å². The van der Waals surface area contributed by atoms with E-state index in [0.29, 0.717) is 22.0 Å². The van der Waals surface area contributed by atoms with E-state index >= 15 is 0 Å². The average molecular weight is 296 g/mol. The number of benzene rings is 2. The van der Waals surface area contributed by atoms with Gasteiger partial charge in [0.2, 0.25) is 0 Å². The third-order valence-corrected chi connectivity index (χ3v) is 4.09. The Kier molecular flexibility index (Phi) is 3.41. The van der Waals surface area contributed by atoms with Crippen LogP contribution in [0, 0.1) is 22.7 Å². The van der Waals surface area contributed by atoms with Crippen LogP contribution in [0.15, 0.2) is 41.3 Å². The van der Waals surface area contributed by atoms with Crippen molar-refractivity contribution in [3.05, 3.63) is 53.1 Å². The number of fused-ring (bicyclic) bond motifs is 1. The zero-order valence-corrected chi connectivity index (χ0v) is 11.5. The Labute approximate surface area is 123 Å². The standard InChI is InChI=1S/C15H8N2O3S/c16-7-10-1-2-13(5-11(10)8-17)20-14-3-4-15-12(6-14)9-19-21(15)18/h1-6H,9H2. The lowest BCUT2D eigenvalue weighted by molar-refractivity contribution is 0.354. The Bertz CT molecular complexity index is 834. The van der Waals surface area contributed by atoms with E-state index in [0.717, 1.165) is 5.56 Å². The molecule has 2 aromatic rings. The predicted octanol–water partition coefficient (Wildman–Crippen LogP) is 2.78. The van der Waals surface area contributed by atoms with Gasteiger partial charge in [-0.1, -0.05) is 0 Å². The van der Waals surface area contributed by atoms with Crippen molar-refractivity contribution < 1.29 is 13.1 Å². The molecule has 3 rings (SSSR count). The number of ether oxygens (including phenoxy) is 1. The molecule has 0 aliphatic carbocycles. The normalized spacial score (nSPS) is 15.8. The first kappa shape index (κ1) is 13.3. The van der Waals surface area contributed by atoms with Crippen LogP contribution in [0.1, 0.15) is 16.7 Å². The van der Waals surface area contributed by atoms with Gasteiger partial charge in [0.25, 0.3) is 0 Å². The third kappa shape index (κ3) is 2.50. The van der Waals surface area contributed by atoms with Crippen molar-refractivity contribution in [3.63, 3.8) is 0 Å². The van der Waals surface area contributed by atoms with Crippen molar-refractivity contribution in [2.24, 2.45) is 0 Å². The topological polar surface area (TPSA) is 83.1 Å². The second-order valence-corrected chi connectivity index (χ2v) is 5.44. The van der Waals surface area contributed by atoms with Crippen molar-refractivity contribution in [2.75, 3.05) is 0 Å². The van der Waals surface area contributed by atoms with Crippen LogP contribution < -0.4 is 4.74 Å². The summed E-state index contributed by atoms with van der Waals surface area (Å²) in [6.07, 6.45) is 0. The molecule has 2 aromatic carbocycles. The number of hydrogen-bond acceptors (Lipinski definition) is 5. The number of nitrogens with zero attached hydrogens (tertiary/aromatic N) is 2. The van der Waals surface area contributed by atoms with Gasteiger partial charge in [0.15, 0.2) is 11.1 Å². The minimum atomic E-state index is -1.40. The van der Waals surface area contributed by atoms with Gasteiger partial charge in [-0.15, -0.1) is 0 Å². The van der Waals surface area contributed by atoms with E-state index in [2.05, 4.69) is 0 Å². The molecule has 0 radical (unpaired) electrons. The summed E-state index contributed by atoms with van der Waals surface area (Å²) >= 11 is -1.40. The molecule has 1 heterocycles. The first-order chi connectivity index (χ1) is 10.2. The van der Waals surface area contributed by atoms with Gasteiger partial charge in [-0.25, -0.2) is 4.21 Å². The van der Waals surface area contributed by atoms with Gasteiger partial charge in [-0.3, -0.25) is 4.18 Å². The van der Waals surface area contributed by atoms with Gasteiger partial charge in [-0.05, 0) is 36.4 Å². The Balaban J connectivity index is 1.90. The highest BCUT2D eigenvalue weighted by atomic mass is 32.2. The zero-order chi connectivity index (χ0) is 14.8. The molecule has 21 heavy (non-hydrogen) atoms. The maximum atomic E-state index is 11.5. The summed E-state index contributed by atoms with van der Waals surface area (Å²) in [5, 5.41) is 17.9. The Morgan fingerprint density at radius 2 is 1.76 bits per heavy atom. The molecule has 0 aromatic heterocycles. The first-order valence-electron chi connectivity index (χ1n) is 6.01. The van der Waals surface area contributed by atoms with E-state index in [1.807, 2.05) is 12.1 Å². The van der Waals surface area contributed by atoms with Gasteiger partial charge in [0.1, 0.15) is 23.6 Å². The summed E-state index contributed by atoms with van der Waals surface area (Å²) in [4.78, 5) is 0.653. The molecule has 102 valence electrons. The zero-order valence-electron chi connectivity index (χ0n) is 10.7. The van der Waals surface area contributed by atoms with Crippen LogP contribution in [-0.4, -0.2) is 4.21 Å². The first-order valence-corrected chi connectivity index (χ1v) is 7.09. The minimum absolute atomic E-state index is 0.264. The fourth-order valence-corrected chi connectivity index (χ4v) is 2.86. The highest BCUT2D eigenvalue weighted by Crippen LogP contribution is 2.30. The van der Waals surface area contributed by atoms with Crippen LogP contribution in [0.25, 0.3) is 0 Å². The molecule has 0 amide bonds. The lowest BCUT2D eigenvalue weighted by Crippen LogP contribution is -1.90. The number of rotatable bonds is 2. The molecule has 1 aliphatic heterocycles. The molecular weight excluding hydrogens is 288 g/mol. The molecule has 0 spiro atoms. The summed E-state index contributed by atoms with van der Waals surface area (Å²) in [7, 11) is 0. The lowest BCUT2D eigenvalue weighted by atomic mass is 10.1. The average Bonchev–Trinajstić information content (AvgIpc) is 2.88. The number of hydrogen-bond donors (Lipinski definition) is 0. The molecule has 1 atom stereocenters. The maximum absolute atomic E-state index is 11.5. The summed E-state index contributed by atoms with van der Waals surface area (Å²) in [6, 6.07) is 13.7. The fraction of sp³-hybridized carbons (Fsp3) is 0.0667. The van der Waals surface area contributed by atoms with Crippen molar-refractivity contribution in [2.45, 2.75) is 11.5 Å². The van der Waals surface area contributed by atoms with Crippen LogP contribution in [0.4, 0.5) is 0 Å². The Morgan fingerprint density at radius 3 is 2.52 bits per heavy atom. The Morgan fingerprint density at radius 1 is 1.05 bits per heavy atom. The molecule has 0 saturated carbocycles. The van der Waals surface area contributed by atoms with E-state index in [-0.39, 0.29) is 12.2 Å². The quantitative estimate of drug-likeness (QED) is 0.851. The van der Waals surface area contributed by atoms with Gasteiger partial charge in [0, 0.05) is 5.56 Å². The van der Waals surface area contributed by atoms with Crippen molar-refractivity contribution in [1.29, 1.82) is 10.5 Å². The molecule has 6 heteroatoms. The fourth-order valence-electron chi connectivity index (χ4n) is 1.99. The smallest absolute Gasteiger partial charge is 0.189 e. The summed E-state index contributed by atoms with van der Waals surface area (Å²) in [5.74, 6) is 1.02. The summed E-state index contributed by atoms with van der Waals surface area (Å²) in [5.41, 5.74) is 1.39. The highest BCUT2D eigenvalue weighted by molar-refractivity contribution is 7.80. The van der Waals surface area contributed by atoms with Crippen LogP contribution in [-0.2, 0) is 21.9 Å². The van der Waals surface area contributed by atoms with Crippen molar-refractivity contribution in [3.8, 4) is 23.6 Å². The molecule has 1 unspecified atom stereocenters. The highest BCUT2D eigenvalue weighted by Gasteiger charge is 2.19. The van der Waals surface area contributed by atoms with Gasteiger partial charge in [-0.2, -0.15) is 10.5 Å². The maximum Gasteiger partial charge on any atom is 0.189 e. The molecule has 0 fully saturated rings. The molecule has 1 aliphatic rings. The van der Waals surface area contributed by atoms with E-state index in [1.54, 1.807) is 30.3 Å². The monoisotopic (exact) mass is 296 g/mol. The molecule has 0 bridgehead atoms. The van der Waals surface area contributed by atoms with Gasteiger partial charge >= 0.3 is 0 Å². The molecule has 5 nitrogen and oxygen atoms in total. The van der Waals surface area contributed by atoms with Crippen LogP contribution in [0.3, 0.4) is 0 Å².